The summed E-state index contributed by atoms with van der Waals surface area (Å²) in [4.78, 5) is 36.0. The van der Waals surface area contributed by atoms with Gasteiger partial charge in [-0.05, 0) is 25.0 Å². The number of hydrogen-bond donors (Lipinski definition) is 0. The molecule has 1 aromatic carbocycles. The molecule has 0 spiro atoms. The molecular formula is C16H16O5. The van der Waals surface area contributed by atoms with E-state index in [0.29, 0.717) is 5.56 Å². The Balaban J connectivity index is 2.46. The van der Waals surface area contributed by atoms with Gasteiger partial charge in [-0.2, -0.15) is 0 Å². The number of ketones is 1. The van der Waals surface area contributed by atoms with Crippen LogP contribution in [0.25, 0.3) is 5.57 Å². The van der Waals surface area contributed by atoms with E-state index < -0.39 is 17.7 Å². The van der Waals surface area contributed by atoms with Gasteiger partial charge in [-0.3, -0.25) is 4.79 Å². The number of fused-ring (bicyclic) bond motifs is 1. The molecule has 0 heterocycles. The molecule has 110 valence electrons. The molecule has 0 fully saturated rings. The van der Waals surface area contributed by atoms with Gasteiger partial charge in [-0.25, -0.2) is 9.59 Å². The molecule has 21 heavy (non-hydrogen) atoms. The molecule has 0 saturated heterocycles. The van der Waals surface area contributed by atoms with Crippen molar-refractivity contribution >= 4 is 23.3 Å². The van der Waals surface area contributed by atoms with Crippen molar-refractivity contribution in [1.82, 2.24) is 0 Å². The van der Waals surface area contributed by atoms with Crippen LogP contribution >= 0.6 is 0 Å². The highest BCUT2D eigenvalue weighted by atomic mass is 16.5. The predicted octanol–water partition coefficient (Wildman–Crippen LogP) is 1.69. The Morgan fingerprint density at radius 2 is 1.71 bits per heavy atom. The number of benzene rings is 1. The van der Waals surface area contributed by atoms with E-state index >= 15 is 0 Å². The zero-order valence-corrected chi connectivity index (χ0v) is 12.0. The first-order chi connectivity index (χ1) is 10.1. The molecule has 2 rings (SSSR count). The van der Waals surface area contributed by atoms with Gasteiger partial charge in [0.1, 0.15) is 0 Å². The maximum absolute atomic E-state index is 12.3. The normalized spacial score (nSPS) is 12.9. The average molecular weight is 288 g/mol. The molecule has 0 radical (unpaired) electrons. The van der Waals surface area contributed by atoms with Crippen LogP contribution in [0, 0.1) is 0 Å². The molecule has 0 N–H and O–H groups in total. The Labute approximate surface area is 122 Å². The minimum Gasteiger partial charge on any atom is -0.463 e. The first kappa shape index (κ1) is 15.0. The highest BCUT2D eigenvalue weighted by Crippen LogP contribution is 2.34. The molecule has 0 aromatic heterocycles. The van der Waals surface area contributed by atoms with Gasteiger partial charge in [-0.15, -0.1) is 0 Å². The summed E-state index contributed by atoms with van der Waals surface area (Å²) < 4.78 is 9.72. The van der Waals surface area contributed by atoms with Gasteiger partial charge in [0.05, 0.1) is 18.8 Å². The summed E-state index contributed by atoms with van der Waals surface area (Å²) in [5, 5.41) is 0. The van der Waals surface area contributed by atoms with Crippen LogP contribution in [0.15, 0.2) is 29.8 Å². The van der Waals surface area contributed by atoms with E-state index in [2.05, 4.69) is 0 Å². The quantitative estimate of drug-likeness (QED) is 0.609. The van der Waals surface area contributed by atoms with Crippen molar-refractivity contribution < 1.29 is 23.9 Å². The number of esters is 2. The molecule has 1 aliphatic rings. The fraction of sp³-hybridized carbons (Fsp3) is 0.312. The van der Waals surface area contributed by atoms with Gasteiger partial charge < -0.3 is 9.47 Å². The number of hydrogen-bond acceptors (Lipinski definition) is 5. The molecule has 0 saturated carbocycles. The topological polar surface area (TPSA) is 69.7 Å². The van der Waals surface area contributed by atoms with Gasteiger partial charge >= 0.3 is 11.9 Å². The van der Waals surface area contributed by atoms with E-state index in [0.717, 1.165) is 5.56 Å². The fourth-order valence-electron chi connectivity index (χ4n) is 2.31. The van der Waals surface area contributed by atoms with Crippen molar-refractivity contribution in [3.63, 3.8) is 0 Å². The Bertz CT molecular complexity index is 627. The molecule has 5 heteroatoms. The summed E-state index contributed by atoms with van der Waals surface area (Å²) in [5.74, 6) is -2.32. The maximum atomic E-state index is 12.3. The van der Waals surface area contributed by atoms with Crippen LogP contribution in [0.3, 0.4) is 0 Å². The highest BCUT2D eigenvalue weighted by Gasteiger charge is 2.34. The highest BCUT2D eigenvalue weighted by molar-refractivity contribution is 6.53. The second-order valence-corrected chi connectivity index (χ2v) is 4.46. The lowest BCUT2D eigenvalue weighted by Gasteiger charge is -2.07. The predicted molar refractivity (Wildman–Crippen MR) is 75.3 cm³/mol. The van der Waals surface area contributed by atoms with Crippen molar-refractivity contribution in [2.45, 2.75) is 20.3 Å². The lowest BCUT2D eigenvalue weighted by atomic mass is 10.0. The Kier molecular flexibility index (Phi) is 4.52. The third kappa shape index (κ3) is 2.86. The molecule has 0 amide bonds. The van der Waals surface area contributed by atoms with Crippen molar-refractivity contribution in [3.05, 3.63) is 41.0 Å². The standard InChI is InChI=1S/C16H16O5/c1-3-20-15(18)12-9-10-7-5-6-8-11(10)13(12)14(17)16(19)21-4-2/h5-8H,3-4,9H2,1-2H3. The summed E-state index contributed by atoms with van der Waals surface area (Å²) in [6, 6.07) is 7.11. The van der Waals surface area contributed by atoms with E-state index in [4.69, 9.17) is 9.47 Å². The first-order valence-electron chi connectivity index (χ1n) is 6.80. The van der Waals surface area contributed by atoms with Gasteiger partial charge in [0.25, 0.3) is 5.78 Å². The van der Waals surface area contributed by atoms with Crippen molar-refractivity contribution in [3.8, 4) is 0 Å². The molecule has 0 aliphatic heterocycles. The summed E-state index contributed by atoms with van der Waals surface area (Å²) in [6.45, 7) is 3.62. The minimum absolute atomic E-state index is 0.0995. The molecule has 0 bridgehead atoms. The van der Waals surface area contributed by atoms with Crippen molar-refractivity contribution in [1.29, 1.82) is 0 Å². The SMILES string of the molecule is CCOC(=O)C(=O)C1=C(C(=O)OCC)Cc2ccccc21. The second-order valence-electron chi connectivity index (χ2n) is 4.46. The van der Waals surface area contributed by atoms with E-state index in [1.807, 2.05) is 12.1 Å². The van der Waals surface area contributed by atoms with Crippen molar-refractivity contribution in [2.75, 3.05) is 13.2 Å². The lowest BCUT2D eigenvalue weighted by molar-refractivity contribution is -0.150. The fourth-order valence-corrected chi connectivity index (χ4v) is 2.31. The maximum Gasteiger partial charge on any atom is 0.379 e. The van der Waals surface area contributed by atoms with E-state index in [1.54, 1.807) is 26.0 Å². The molecule has 1 aromatic rings. The Hall–Kier alpha value is -2.43. The van der Waals surface area contributed by atoms with Gasteiger partial charge in [-0.1, -0.05) is 24.3 Å². The van der Waals surface area contributed by atoms with E-state index in [-0.39, 0.29) is 30.8 Å². The number of rotatable bonds is 5. The van der Waals surface area contributed by atoms with E-state index in [1.165, 1.54) is 0 Å². The van der Waals surface area contributed by atoms with Crippen LogP contribution in [0.1, 0.15) is 25.0 Å². The molecular weight excluding hydrogens is 272 g/mol. The number of Topliss-reactive ketones (excluding diaryl/α,β-unsaturated/α-hetero) is 1. The third-order valence-electron chi connectivity index (χ3n) is 3.17. The van der Waals surface area contributed by atoms with Crippen LogP contribution in [0.4, 0.5) is 0 Å². The van der Waals surface area contributed by atoms with Crippen molar-refractivity contribution in [2.24, 2.45) is 0 Å². The average Bonchev–Trinajstić information content (AvgIpc) is 2.86. The summed E-state index contributed by atoms with van der Waals surface area (Å²) >= 11 is 0. The van der Waals surface area contributed by atoms with E-state index in [9.17, 15) is 14.4 Å². The van der Waals surface area contributed by atoms with Crippen LogP contribution in [0.5, 0.6) is 0 Å². The largest absolute Gasteiger partial charge is 0.463 e. The van der Waals surface area contributed by atoms with Crippen LogP contribution in [-0.4, -0.2) is 30.9 Å². The Morgan fingerprint density at radius 1 is 1.05 bits per heavy atom. The summed E-state index contributed by atoms with van der Waals surface area (Å²) in [5.41, 5.74) is 1.74. The zero-order chi connectivity index (χ0) is 15.4. The van der Waals surface area contributed by atoms with Gasteiger partial charge in [0.15, 0.2) is 0 Å². The van der Waals surface area contributed by atoms with Crippen LogP contribution in [0.2, 0.25) is 0 Å². The smallest absolute Gasteiger partial charge is 0.379 e. The Morgan fingerprint density at radius 3 is 2.38 bits per heavy atom. The first-order valence-corrected chi connectivity index (χ1v) is 6.80. The monoisotopic (exact) mass is 288 g/mol. The summed E-state index contributed by atoms with van der Waals surface area (Å²) in [6.07, 6.45) is 0.287. The van der Waals surface area contributed by atoms with Crippen LogP contribution in [-0.2, 0) is 30.3 Å². The molecule has 1 aliphatic carbocycles. The zero-order valence-electron chi connectivity index (χ0n) is 12.0. The van der Waals surface area contributed by atoms with Crippen LogP contribution < -0.4 is 0 Å². The van der Waals surface area contributed by atoms with Gasteiger partial charge in [0.2, 0.25) is 0 Å². The number of carbonyl (C=O) groups excluding carboxylic acids is 3. The van der Waals surface area contributed by atoms with Gasteiger partial charge in [0, 0.05) is 12.0 Å². The minimum atomic E-state index is -0.953. The summed E-state index contributed by atoms with van der Waals surface area (Å²) in [7, 11) is 0. The number of carbonyl (C=O) groups is 3. The lowest BCUT2D eigenvalue weighted by Crippen LogP contribution is -2.20. The second kappa shape index (κ2) is 6.35. The molecule has 5 nitrogen and oxygen atoms in total. The molecule has 0 atom stereocenters. The number of ether oxygens (including phenoxy) is 2. The molecule has 0 unspecified atom stereocenters. The third-order valence-corrected chi connectivity index (χ3v) is 3.17.